The molecule has 1 amide bonds. The van der Waals surface area contributed by atoms with Crippen LogP contribution >= 0.6 is 0 Å². The highest BCUT2D eigenvalue weighted by Crippen LogP contribution is 2.16. The van der Waals surface area contributed by atoms with Gasteiger partial charge in [0.25, 0.3) is 0 Å². The number of ether oxygens (including phenoxy) is 2. The highest BCUT2D eigenvalue weighted by Gasteiger charge is 2.26. The predicted molar refractivity (Wildman–Crippen MR) is 67.4 cm³/mol. The summed E-state index contributed by atoms with van der Waals surface area (Å²) in [4.78, 5) is 23.5. The summed E-state index contributed by atoms with van der Waals surface area (Å²) in [6.07, 6.45) is 1.46. The Bertz CT molecular complexity index is 305. The standard InChI is InChI=1S/C13H23NO4/c1-5-10(11(15)7-6-9-8-17-9)14-12(16)18-13(2,3)4/h9-10H,5-8H2,1-4H3,(H,14,16). The van der Waals surface area contributed by atoms with Crippen LogP contribution in [0, 0.1) is 0 Å². The molecule has 18 heavy (non-hydrogen) atoms. The molecule has 1 aliphatic rings. The van der Waals surface area contributed by atoms with Crippen LogP contribution in [0.3, 0.4) is 0 Å². The molecule has 5 nitrogen and oxygen atoms in total. The van der Waals surface area contributed by atoms with Crippen molar-refractivity contribution in [3.8, 4) is 0 Å². The third-order valence-corrected chi connectivity index (χ3v) is 2.60. The van der Waals surface area contributed by atoms with Crippen LogP contribution in [-0.4, -0.2) is 36.2 Å². The second kappa shape index (κ2) is 6.18. The van der Waals surface area contributed by atoms with Crippen molar-refractivity contribution in [1.82, 2.24) is 5.32 Å². The van der Waals surface area contributed by atoms with Crippen LogP contribution in [0.15, 0.2) is 0 Å². The fourth-order valence-corrected chi connectivity index (χ4v) is 1.57. The van der Waals surface area contributed by atoms with Gasteiger partial charge in [-0.15, -0.1) is 0 Å². The lowest BCUT2D eigenvalue weighted by Crippen LogP contribution is -2.43. The Balaban J connectivity index is 2.34. The lowest BCUT2D eigenvalue weighted by atomic mass is 10.0. The minimum atomic E-state index is -0.548. The summed E-state index contributed by atoms with van der Waals surface area (Å²) in [5.41, 5.74) is -0.548. The maximum absolute atomic E-state index is 11.9. The first-order valence-electron chi connectivity index (χ1n) is 6.45. The number of hydrogen-bond donors (Lipinski definition) is 1. The van der Waals surface area contributed by atoms with Crippen molar-refractivity contribution in [3.63, 3.8) is 0 Å². The van der Waals surface area contributed by atoms with E-state index < -0.39 is 17.7 Å². The van der Waals surface area contributed by atoms with Crippen molar-refractivity contribution in [2.24, 2.45) is 0 Å². The summed E-state index contributed by atoms with van der Waals surface area (Å²) in [6, 6.07) is -0.460. The topological polar surface area (TPSA) is 67.9 Å². The van der Waals surface area contributed by atoms with E-state index in [2.05, 4.69) is 5.32 Å². The zero-order valence-corrected chi connectivity index (χ0v) is 11.6. The summed E-state index contributed by atoms with van der Waals surface area (Å²) in [6.45, 7) is 8.00. The van der Waals surface area contributed by atoms with Gasteiger partial charge in [-0.2, -0.15) is 0 Å². The molecule has 2 unspecified atom stereocenters. The molecular formula is C13H23NO4. The minimum Gasteiger partial charge on any atom is -0.444 e. The Morgan fingerprint density at radius 2 is 2.06 bits per heavy atom. The molecule has 0 radical (unpaired) electrons. The van der Waals surface area contributed by atoms with Gasteiger partial charge in [0.2, 0.25) is 0 Å². The van der Waals surface area contributed by atoms with Gasteiger partial charge < -0.3 is 14.8 Å². The third kappa shape index (κ3) is 6.00. The van der Waals surface area contributed by atoms with Crippen LogP contribution in [0.5, 0.6) is 0 Å². The number of nitrogens with one attached hydrogen (secondary N) is 1. The van der Waals surface area contributed by atoms with Gasteiger partial charge in [0, 0.05) is 6.42 Å². The zero-order chi connectivity index (χ0) is 13.8. The van der Waals surface area contributed by atoms with Crippen molar-refractivity contribution in [3.05, 3.63) is 0 Å². The van der Waals surface area contributed by atoms with E-state index in [1.165, 1.54) is 0 Å². The van der Waals surface area contributed by atoms with Crippen molar-refractivity contribution >= 4 is 11.9 Å². The normalized spacial score (nSPS) is 20.1. The van der Waals surface area contributed by atoms with E-state index in [0.717, 1.165) is 13.0 Å². The molecule has 1 saturated heterocycles. The van der Waals surface area contributed by atoms with Crippen molar-refractivity contribution in [1.29, 1.82) is 0 Å². The molecule has 5 heteroatoms. The number of carbonyl (C=O) groups excluding carboxylic acids is 2. The van der Waals surface area contributed by atoms with Gasteiger partial charge in [0.1, 0.15) is 5.60 Å². The lowest BCUT2D eigenvalue weighted by Gasteiger charge is -2.22. The van der Waals surface area contributed by atoms with E-state index >= 15 is 0 Å². The van der Waals surface area contributed by atoms with Gasteiger partial charge in [-0.25, -0.2) is 4.79 Å². The Hall–Kier alpha value is -1.10. The third-order valence-electron chi connectivity index (χ3n) is 2.60. The highest BCUT2D eigenvalue weighted by molar-refractivity contribution is 5.87. The quantitative estimate of drug-likeness (QED) is 0.739. The molecule has 104 valence electrons. The average molecular weight is 257 g/mol. The van der Waals surface area contributed by atoms with E-state index in [9.17, 15) is 9.59 Å². The summed E-state index contributed by atoms with van der Waals surface area (Å²) in [5.74, 6) is 0.0406. The summed E-state index contributed by atoms with van der Waals surface area (Å²) < 4.78 is 10.2. The molecule has 0 aliphatic carbocycles. The van der Waals surface area contributed by atoms with Gasteiger partial charge in [-0.3, -0.25) is 4.79 Å². The average Bonchev–Trinajstić information content (AvgIpc) is 3.03. The molecule has 1 aliphatic heterocycles. The molecule has 1 N–H and O–H groups in total. The first kappa shape index (κ1) is 15.0. The molecule has 0 aromatic heterocycles. The van der Waals surface area contributed by atoms with E-state index in [0.29, 0.717) is 12.8 Å². The van der Waals surface area contributed by atoms with E-state index in [-0.39, 0.29) is 11.9 Å². The molecule has 0 bridgehead atoms. The zero-order valence-electron chi connectivity index (χ0n) is 11.6. The summed E-state index contributed by atoms with van der Waals surface area (Å²) in [7, 11) is 0. The number of ketones is 1. The van der Waals surface area contributed by atoms with Gasteiger partial charge >= 0.3 is 6.09 Å². The Morgan fingerprint density at radius 3 is 2.50 bits per heavy atom. The fraction of sp³-hybridized carbons (Fsp3) is 0.846. The number of alkyl carbamates (subject to hydrolysis) is 1. The Labute approximate surface area is 108 Å². The number of amides is 1. The lowest BCUT2D eigenvalue weighted by molar-refractivity contribution is -0.121. The van der Waals surface area contributed by atoms with Crippen LogP contribution in [0.25, 0.3) is 0 Å². The molecule has 2 atom stereocenters. The highest BCUT2D eigenvalue weighted by atomic mass is 16.6. The predicted octanol–water partition coefficient (Wildman–Crippen LogP) is 2.04. The number of hydrogen-bond acceptors (Lipinski definition) is 4. The number of rotatable bonds is 6. The maximum atomic E-state index is 11.9. The van der Waals surface area contributed by atoms with E-state index in [4.69, 9.17) is 9.47 Å². The second-order valence-electron chi connectivity index (χ2n) is 5.57. The second-order valence-corrected chi connectivity index (χ2v) is 5.57. The maximum Gasteiger partial charge on any atom is 0.408 e. The van der Waals surface area contributed by atoms with Crippen LogP contribution in [-0.2, 0) is 14.3 Å². The first-order chi connectivity index (χ1) is 8.31. The Morgan fingerprint density at radius 1 is 1.44 bits per heavy atom. The largest absolute Gasteiger partial charge is 0.444 e. The van der Waals surface area contributed by atoms with Crippen molar-refractivity contribution < 1.29 is 19.1 Å². The van der Waals surface area contributed by atoms with E-state index in [1.54, 1.807) is 20.8 Å². The van der Waals surface area contributed by atoms with Gasteiger partial charge in [-0.05, 0) is 33.6 Å². The molecule has 1 rings (SSSR count). The van der Waals surface area contributed by atoms with Crippen LogP contribution < -0.4 is 5.32 Å². The molecule has 0 spiro atoms. The molecule has 1 fully saturated rings. The Kier molecular flexibility index (Phi) is 5.14. The van der Waals surface area contributed by atoms with Gasteiger partial charge in [-0.1, -0.05) is 6.92 Å². The van der Waals surface area contributed by atoms with Crippen LogP contribution in [0.1, 0.15) is 47.0 Å². The molecule has 0 aromatic rings. The van der Waals surface area contributed by atoms with Crippen LogP contribution in [0.2, 0.25) is 0 Å². The monoisotopic (exact) mass is 257 g/mol. The van der Waals surface area contributed by atoms with Crippen molar-refractivity contribution in [2.45, 2.75) is 64.7 Å². The van der Waals surface area contributed by atoms with E-state index in [1.807, 2.05) is 6.92 Å². The molecule has 0 aromatic carbocycles. The van der Waals surface area contributed by atoms with Gasteiger partial charge in [0.15, 0.2) is 5.78 Å². The number of epoxide rings is 1. The molecular weight excluding hydrogens is 234 g/mol. The smallest absolute Gasteiger partial charge is 0.408 e. The number of carbonyl (C=O) groups is 2. The summed E-state index contributed by atoms with van der Waals surface area (Å²) >= 11 is 0. The SMILES string of the molecule is CCC(NC(=O)OC(C)(C)C)C(=O)CCC1CO1. The molecule has 1 heterocycles. The van der Waals surface area contributed by atoms with Crippen molar-refractivity contribution in [2.75, 3.05) is 6.61 Å². The van der Waals surface area contributed by atoms with Crippen LogP contribution in [0.4, 0.5) is 4.79 Å². The van der Waals surface area contributed by atoms with Gasteiger partial charge in [0.05, 0.1) is 18.8 Å². The fourth-order valence-electron chi connectivity index (χ4n) is 1.57. The summed E-state index contributed by atoms with van der Waals surface area (Å²) in [5, 5.41) is 2.62. The molecule has 0 saturated carbocycles. The minimum absolute atomic E-state index is 0.0406. The number of Topliss-reactive ketones (excluding diaryl/α,β-unsaturated/α-hetero) is 1. The first-order valence-corrected chi connectivity index (χ1v) is 6.45.